The molecule has 0 aliphatic carbocycles. The smallest absolute Gasteiger partial charge is 0.320 e. The van der Waals surface area contributed by atoms with E-state index < -0.39 is 12.0 Å². The van der Waals surface area contributed by atoms with Gasteiger partial charge in [-0.25, -0.2) is 0 Å². The maximum Gasteiger partial charge on any atom is 0.320 e. The predicted molar refractivity (Wildman–Crippen MR) is 130 cm³/mol. The lowest BCUT2D eigenvalue weighted by Crippen LogP contribution is -2.32. The monoisotopic (exact) mass is 432 g/mol. The van der Waals surface area contributed by atoms with Gasteiger partial charge in [0.25, 0.3) is 5.91 Å². The number of benzene rings is 3. The molecule has 1 atom stereocenters. The minimum atomic E-state index is -1.04. The topological polar surface area (TPSA) is 92.4 Å². The fourth-order valence-corrected chi connectivity index (χ4v) is 3.05. The number of carbonyl (C=O) groups excluding carboxylic acids is 1. The van der Waals surface area contributed by atoms with Crippen LogP contribution in [0.2, 0.25) is 0 Å². The van der Waals surface area contributed by atoms with Gasteiger partial charge in [0.2, 0.25) is 0 Å². The molecule has 0 radical (unpaired) electrons. The van der Waals surface area contributed by atoms with Crippen molar-refractivity contribution in [2.75, 3.05) is 6.54 Å². The molecule has 0 spiro atoms. The first kappa shape index (κ1) is 24.8. The van der Waals surface area contributed by atoms with Gasteiger partial charge in [-0.2, -0.15) is 0 Å². The largest absolute Gasteiger partial charge is 0.480 e. The summed E-state index contributed by atoms with van der Waals surface area (Å²) in [6, 6.07) is 24.4. The van der Waals surface area contributed by atoms with Gasteiger partial charge < -0.3 is 16.2 Å². The van der Waals surface area contributed by atoms with Crippen LogP contribution in [0.5, 0.6) is 0 Å². The molecule has 0 saturated carbocycles. The fraction of sp³-hybridized carbons (Fsp3) is 0.259. The van der Waals surface area contributed by atoms with Gasteiger partial charge in [0.1, 0.15) is 6.04 Å². The van der Waals surface area contributed by atoms with Crippen LogP contribution in [0, 0.1) is 0 Å². The van der Waals surface area contributed by atoms with Crippen molar-refractivity contribution >= 4 is 11.9 Å². The van der Waals surface area contributed by atoms with Gasteiger partial charge in [-0.3, -0.25) is 9.59 Å². The van der Waals surface area contributed by atoms with Crippen LogP contribution in [0.25, 0.3) is 11.1 Å². The summed E-state index contributed by atoms with van der Waals surface area (Å²) in [6.07, 6.45) is 2.22. The molecule has 3 aromatic carbocycles. The SMILES string of the molecule is CCC.N[C@@H](Cc1ccc(C(=O)NCCc2ccc(-c3ccccc3)cc2)cc1)C(=O)O. The molecular formula is C27H32N2O3. The summed E-state index contributed by atoms with van der Waals surface area (Å²) in [4.78, 5) is 23.1. The third-order valence-corrected chi connectivity index (χ3v) is 4.75. The Morgan fingerprint density at radius 2 is 1.38 bits per heavy atom. The molecule has 4 N–H and O–H groups in total. The average molecular weight is 433 g/mol. The maximum atomic E-state index is 12.3. The standard InChI is InChI=1S/C24H24N2O3.C3H8/c25-22(24(28)29)16-18-8-12-21(13-9-18)23(27)26-15-14-17-6-10-20(11-7-17)19-4-2-1-3-5-19;1-3-2/h1-13,22H,14-16,25H2,(H,26,27)(H,28,29);3H2,1-2H3/t22-;/m0./s1. The summed E-state index contributed by atoms with van der Waals surface area (Å²) in [5, 5.41) is 11.8. The molecule has 0 heterocycles. The lowest BCUT2D eigenvalue weighted by molar-refractivity contribution is -0.138. The highest BCUT2D eigenvalue weighted by molar-refractivity contribution is 5.94. The zero-order valence-electron chi connectivity index (χ0n) is 18.8. The van der Waals surface area contributed by atoms with Gasteiger partial charge in [0.15, 0.2) is 0 Å². The summed E-state index contributed by atoms with van der Waals surface area (Å²) in [5.74, 6) is -1.19. The highest BCUT2D eigenvalue weighted by atomic mass is 16.4. The summed E-state index contributed by atoms with van der Waals surface area (Å²) >= 11 is 0. The summed E-state index contributed by atoms with van der Waals surface area (Å²) < 4.78 is 0. The van der Waals surface area contributed by atoms with E-state index in [1.807, 2.05) is 18.2 Å². The first-order valence-electron chi connectivity index (χ1n) is 10.9. The number of hydrogen-bond donors (Lipinski definition) is 3. The van der Waals surface area contributed by atoms with Crippen molar-refractivity contribution in [2.24, 2.45) is 5.73 Å². The van der Waals surface area contributed by atoms with Crippen LogP contribution in [0.15, 0.2) is 78.9 Å². The van der Waals surface area contributed by atoms with Crippen molar-refractivity contribution in [1.82, 2.24) is 5.32 Å². The van der Waals surface area contributed by atoms with Gasteiger partial charge in [-0.1, -0.05) is 87.0 Å². The number of carboxylic acid groups (broad SMARTS) is 1. The summed E-state index contributed by atoms with van der Waals surface area (Å²) in [5.41, 5.74) is 10.4. The van der Waals surface area contributed by atoms with E-state index in [-0.39, 0.29) is 12.3 Å². The summed E-state index contributed by atoms with van der Waals surface area (Å²) in [6.45, 7) is 4.79. The highest BCUT2D eigenvalue weighted by Gasteiger charge is 2.12. The second kappa shape index (κ2) is 13.1. The average Bonchev–Trinajstić information content (AvgIpc) is 2.81. The van der Waals surface area contributed by atoms with E-state index in [0.29, 0.717) is 12.1 Å². The van der Waals surface area contributed by atoms with Crippen LogP contribution in [0.4, 0.5) is 0 Å². The van der Waals surface area contributed by atoms with Crippen molar-refractivity contribution < 1.29 is 14.7 Å². The Hall–Kier alpha value is -3.44. The number of aliphatic carboxylic acids is 1. The quantitative estimate of drug-likeness (QED) is 0.481. The first-order chi connectivity index (χ1) is 15.4. The molecule has 5 heteroatoms. The Labute approximate surface area is 190 Å². The molecule has 0 aromatic heterocycles. The van der Waals surface area contributed by atoms with Crippen molar-refractivity contribution in [3.8, 4) is 11.1 Å². The Kier molecular flexibility index (Phi) is 10.1. The lowest BCUT2D eigenvalue weighted by Gasteiger charge is -2.09. The molecule has 0 saturated heterocycles. The van der Waals surface area contributed by atoms with E-state index in [2.05, 4.69) is 55.6 Å². The van der Waals surface area contributed by atoms with Crippen LogP contribution < -0.4 is 11.1 Å². The van der Waals surface area contributed by atoms with E-state index in [1.165, 1.54) is 17.5 Å². The minimum Gasteiger partial charge on any atom is -0.480 e. The van der Waals surface area contributed by atoms with Crippen LogP contribution in [-0.2, 0) is 17.6 Å². The van der Waals surface area contributed by atoms with Gasteiger partial charge in [0, 0.05) is 12.1 Å². The Balaban J connectivity index is 0.00000114. The number of amides is 1. The molecule has 0 aliphatic heterocycles. The second-order valence-electron chi connectivity index (χ2n) is 7.62. The highest BCUT2D eigenvalue weighted by Crippen LogP contribution is 2.19. The lowest BCUT2D eigenvalue weighted by atomic mass is 10.0. The van der Waals surface area contributed by atoms with Crippen molar-refractivity contribution in [3.63, 3.8) is 0 Å². The number of carboxylic acids is 1. The minimum absolute atomic E-state index is 0.153. The van der Waals surface area contributed by atoms with E-state index in [4.69, 9.17) is 10.8 Å². The molecule has 0 bridgehead atoms. The Bertz CT molecular complexity index is 968. The molecule has 0 unspecified atom stereocenters. The number of nitrogens with one attached hydrogen (secondary N) is 1. The van der Waals surface area contributed by atoms with Gasteiger partial charge in [-0.05, 0) is 47.2 Å². The molecular weight excluding hydrogens is 400 g/mol. The molecule has 3 aromatic rings. The van der Waals surface area contributed by atoms with Crippen LogP contribution >= 0.6 is 0 Å². The molecule has 3 rings (SSSR count). The van der Waals surface area contributed by atoms with E-state index in [1.54, 1.807) is 24.3 Å². The third kappa shape index (κ3) is 8.00. The van der Waals surface area contributed by atoms with Gasteiger partial charge in [0.05, 0.1) is 0 Å². The van der Waals surface area contributed by atoms with E-state index in [9.17, 15) is 9.59 Å². The molecule has 32 heavy (non-hydrogen) atoms. The molecule has 0 aliphatic rings. The fourth-order valence-electron chi connectivity index (χ4n) is 3.05. The van der Waals surface area contributed by atoms with Gasteiger partial charge in [-0.15, -0.1) is 0 Å². The Morgan fingerprint density at radius 3 is 1.94 bits per heavy atom. The predicted octanol–water partition coefficient (Wildman–Crippen LogP) is 4.70. The molecule has 168 valence electrons. The maximum absolute atomic E-state index is 12.3. The van der Waals surface area contributed by atoms with Crippen LogP contribution in [0.3, 0.4) is 0 Å². The van der Waals surface area contributed by atoms with Crippen LogP contribution in [0.1, 0.15) is 41.8 Å². The zero-order valence-corrected chi connectivity index (χ0v) is 18.8. The number of nitrogens with two attached hydrogens (primary N) is 1. The normalized spacial score (nSPS) is 11.1. The van der Waals surface area contributed by atoms with Crippen LogP contribution in [-0.4, -0.2) is 29.6 Å². The summed E-state index contributed by atoms with van der Waals surface area (Å²) in [7, 11) is 0. The van der Waals surface area contributed by atoms with Crippen molar-refractivity contribution in [1.29, 1.82) is 0 Å². The molecule has 0 fully saturated rings. The van der Waals surface area contributed by atoms with Crippen molar-refractivity contribution in [3.05, 3.63) is 95.6 Å². The van der Waals surface area contributed by atoms with E-state index in [0.717, 1.165) is 17.5 Å². The Morgan fingerprint density at radius 1 is 0.844 bits per heavy atom. The second-order valence-corrected chi connectivity index (χ2v) is 7.62. The molecule has 1 amide bonds. The third-order valence-electron chi connectivity index (χ3n) is 4.75. The van der Waals surface area contributed by atoms with Gasteiger partial charge >= 0.3 is 5.97 Å². The van der Waals surface area contributed by atoms with E-state index >= 15 is 0 Å². The van der Waals surface area contributed by atoms with Crippen molar-refractivity contribution in [2.45, 2.75) is 39.2 Å². The number of rotatable bonds is 8. The first-order valence-corrected chi connectivity index (χ1v) is 10.9. The molecule has 5 nitrogen and oxygen atoms in total. The number of hydrogen-bond acceptors (Lipinski definition) is 3. The zero-order chi connectivity index (χ0) is 23.3. The number of carbonyl (C=O) groups is 2.